The highest BCUT2D eigenvalue weighted by Crippen LogP contribution is 2.20. The van der Waals surface area contributed by atoms with Crippen molar-refractivity contribution in [2.75, 3.05) is 7.11 Å². The predicted molar refractivity (Wildman–Crippen MR) is 105 cm³/mol. The molecule has 2 N–H and O–H groups in total. The van der Waals surface area contributed by atoms with Gasteiger partial charge < -0.3 is 15.0 Å². The van der Waals surface area contributed by atoms with E-state index in [-0.39, 0.29) is 5.91 Å². The minimum Gasteiger partial charge on any atom is -0.497 e. The molecule has 0 saturated heterocycles. The number of hydrogen-bond donors (Lipinski definition) is 2. The van der Waals surface area contributed by atoms with Gasteiger partial charge in [-0.15, -0.1) is 0 Å². The van der Waals surface area contributed by atoms with Crippen molar-refractivity contribution >= 4 is 28.4 Å². The zero-order valence-corrected chi connectivity index (χ0v) is 15.3. The molecule has 2 heterocycles. The monoisotopic (exact) mass is 380 g/mol. The summed E-state index contributed by atoms with van der Waals surface area (Å²) in [6.07, 6.45) is 1.86. The van der Waals surface area contributed by atoms with Gasteiger partial charge in [-0.25, -0.2) is 4.68 Å². The van der Waals surface area contributed by atoms with Crippen LogP contribution in [0.1, 0.15) is 16.2 Å². The van der Waals surface area contributed by atoms with Gasteiger partial charge in [-0.2, -0.15) is 5.10 Å². The SMILES string of the molecule is COc1ccc(-n2ccc(CNC(=O)c3cc4ccc(Cl)cc4[nH]3)n2)cc1. The first-order valence-electron chi connectivity index (χ1n) is 8.38. The van der Waals surface area contributed by atoms with Crippen molar-refractivity contribution in [3.8, 4) is 11.4 Å². The highest BCUT2D eigenvalue weighted by atomic mass is 35.5. The minimum absolute atomic E-state index is 0.193. The van der Waals surface area contributed by atoms with E-state index in [2.05, 4.69) is 15.4 Å². The van der Waals surface area contributed by atoms with E-state index in [0.717, 1.165) is 28.0 Å². The highest BCUT2D eigenvalue weighted by Gasteiger charge is 2.10. The topological polar surface area (TPSA) is 71.9 Å². The number of nitrogens with one attached hydrogen (secondary N) is 2. The van der Waals surface area contributed by atoms with Gasteiger partial charge in [0.05, 0.1) is 25.0 Å². The second-order valence-electron chi connectivity index (χ2n) is 6.05. The number of aromatic amines is 1. The van der Waals surface area contributed by atoms with Crippen LogP contribution in [0.5, 0.6) is 5.75 Å². The summed E-state index contributed by atoms with van der Waals surface area (Å²) in [7, 11) is 1.63. The van der Waals surface area contributed by atoms with Gasteiger partial charge in [-0.05, 0) is 48.5 Å². The number of amides is 1. The first-order valence-corrected chi connectivity index (χ1v) is 8.75. The van der Waals surface area contributed by atoms with E-state index in [0.29, 0.717) is 17.3 Å². The molecule has 2 aromatic carbocycles. The van der Waals surface area contributed by atoms with Crippen molar-refractivity contribution in [1.82, 2.24) is 20.1 Å². The zero-order chi connectivity index (χ0) is 18.8. The lowest BCUT2D eigenvalue weighted by Crippen LogP contribution is -2.23. The summed E-state index contributed by atoms with van der Waals surface area (Å²) in [5, 5.41) is 8.93. The molecule has 0 aliphatic rings. The molecule has 0 radical (unpaired) electrons. The zero-order valence-electron chi connectivity index (χ0n) is 14.6. The van der Waals surface area contributed by atoms with Crippen molar-refractivity contribution in [1.29, 1.82) is 0 Å². The van der Waals surface area contributed by atoms with Gasteiger partial charge >= 0.3 is 0 Å². The largest absolute Gasteiger partial charge is 0.497 e. The number of nitrogens with zero attached hydrogens (tertiary/aromatic N) is 2. The molecule has 0 atom stereocenters. The van der Waals surface area contributed by atoms with Crippen LogP contribution in [0, 0.1) is 0 Å². The number of carbonyl (C=O) groups excluding carboxylic acids is 1. The molecule has 27 heavy (non-hydrogen) atoms. The van der Waals surface area contributed by atoms with Crippen LogP contribution in [0.2, 0.25) is 5.02 Å². The fourth-order valence-electron chi connectivity index (χ4n) is 2.82. The van der Waals surface area contributed by atoms with Crippen molar-refractivity contribution in [2.24, 2.45) is 0 Å². The summed E-state index contributed by atoms with van der Waals surface area (Å²) in [5.41, 5.74) is 3.00. The Morgan fingerprint density at radius 2 is 2.00 bits per heavy atom. The Kier molecular flexibility index (Phi) is 4.56. The average molecular weight is 381 g/mol. The van der Waals surface area contributed by atoms with E-state index in [9.17, 15) is 4.79 Å². The Labute approximate surface area is 160 Å². The lowest BCUT2D eigenvalue weighted by Gasteiger charge is -2.04. The normalized spacial score (nSPS) is 10.9. The Bertz CT molecular complexity index is 1100. The number of halogens is 1. The lowest BCUT2D eigenvalue weighted by molar-refractivity contribution is 0.0946. The molecule has 1 amide bonds. The predicted octanol–water partition coefficient (Wildman–Crippen LogP) is 3.95. The van der Waals surface area contributed by atoms with Crippen LogP contribution >= 0.6 is 11.6 Å². The highest BCUT2D eigenvalue weighted by molar-refractivity contribution is 6.31. The smallest absolute Gasteiger partial charge is 0.268 e. The summed E-state index contributed by atoms with van der Waals surface area (Å²) >= 11 is 5.98. The average Bonchev–Trinajstić information content (AvgIpc) is 3.33. The van der Waals surface area contributed by atoms with E-state index in [1.165, 1.54) is 0 Å². The Balaban J connectivity index is 1.43. The number of hydrogen-bond acceptors (Lipinski definition) is 3. The fourth-order valence-corrected chi connectivity index (χ4v) is 2.99. The van der Waals surface area contributed by atoms with Crippen molar-refractivity contribution in [3.05, 3.63) is 77.2 Å². The molecule has 0 aliphatic heterocycles. The number of H-pyrrole nitrogens is 1. The number of methoxy groups -OCH3 is 1. The number of rotatable bonds is 5. The summed E-state index contributed by atoms with van der Waals surface area (Å²) in [4.78, 5) is 15.5. The van der Waals surface area contributed by atoms with Crippen LogP contribution in [0.25, 0.3) is 16.6 Å². The van der Waals surface area contributed by atoms with Gasteiger partial charge in [0.25, 0.3) is 5.91 Å². The van der Waals surface area contributed by atoms with Crippen LogP contribution < -0.4 is 10.1 Å². The summed E-state index contributed by atoms with van der Waals surface area (Å²) in [6, 6.07) is 16.7. The fraction of sp³-hybridized carbons (Fsp3) is 0.100. The van der Waals surface area contributed by atoms with Gasteiger partial charge in [-0.3, -0.25) is 4.79 Å². The second kappa shape index (κ2) is 7.17. The second-order valence-corrected chi connectivity index (χ2v) is 6.48. The molecule has 136 valence electrons. The molecule has 7 heteroatoms. The first kappa shape index (κ1) is 17.2. The van der Waals surface area contributed by atoms with E-state index >= 15 is 0 Å². The molecule has 0 unspecified atom stereocenters. The molecular weight excluding hydrogens is 364 g/mol. The van der Waals surface area contributed by atoms with Gasteiger partial charge in [0.15, 0.2) is 0 Å². The summed E-state index contributed by atoms with van der Waals surface area (Å²) in [6.45, 7) is 0.331. The molecule has 0 aliphatic carbocycles. The van der Waals surface area contributed by atoms with Crippen LogP contribution in [-0.2, 0) is 6.54 Å². The third-order valence-corrected chi connectivity index (χ3v) is 4.48. The van der Waals surface area contributed by atoms with E-state index in [4.69, 9.17) is 16.3 Å². The molecular formula is C20H17ClN4O2. The van der Waals surface area contributed by atoms with Gasteiger partial charge in [-0.1, -0.05) is 17.7 Å². The van der Waals surface area contributed by atoms with Gasteiger partial charge in [0.2, 0.25) is 0 Å². The maximum atomic E-state index is 12.4. The summed E-state index contributed by atoms with van der Waals surface area (Å²) in [5.74, 6) is 0.597. The Hall–Kier alpha value is -3.25. The molecule has 4 aromatic rings. The third-order valence-electron chi connectivity index (χ3n) is 4.24. The minimum atomic E-state index is -0.193. The molecule has 4 rings (SSSR count). The van der Waals surface area contributed by atoms with Crippen molar-refractivity contribution in [2.45, 2.75) is 6.54 Å². The molecule has 6 nitrogen and oxygen atoms in total. The summed E-state index contributed by atoms with van der Waals surface area (Å²) < 4.78 is 6.91. The number of aromatic nitrogens is 3. The standard InChI is InChI=1S/C20H17ClN4O2/c1-27-17-6-4-16(5-7-17)25-9-8-15(24-25)12-22-20(26)19-10-13-2-3-14(21)11-18(13)23-19/h2-11,23H,12H2,1H3,(H,22,26). The number of benzene rings is 2. The number of carbonyl (C=O) groups is 1. The van der Waals surface area contributed by atoms with E-state index < -0.39 is 0 Å². The first-order chi connectivity index (χ1) is 13.1. The number of fused-ring (bicyclic) bond motifs is 1. The molecule has 0 bridgehead atoms. The van der Waals surface area contributed by atoms with Gasteiger partial charge in [0.1, 0.15) is 11.4 Å². The van der Waals surface area contributed by atoms with Gasteiger partial charge in [0, 0.05) is 22.1 Å². The maximum Gasteiger partial charge on any atom is 0.268 e. The Morgan fingerprint density at radius 1 is 1.19 bits per heavy atom. The van der Waals surface area contributed by atoms with E-state index in [1.54, 1.807) is 30.0 Å². The van der Waals surface area contributed by atoms with Crippen LogP contribution in [0.15, 0.2) is 60.8 Å². The third kappa shape index (κ3) is 3.66. The quantitative estimate of drug-likeness (QED) is 0.550. The molecule has 2 aromatic heterocycles. The van der Waals surface area contributed by atoms with Crippen LogP contribution in [0.3, 0.4) is 0 Å². The van der Waals surface area contributed by atoms with E-state index in [1.807, 2.05) is 42.6 Å². The Morgan fingerprint density at radius 3 is 2.78 bits per heavy atom. The number of ether oxygens (including phenoxy) is 1. The molecule has 0 saturated carbocycles. The van der Waals surface area contributed by atoms with Crippen molar-refractivity contribution < 1.29 is 9.53 Å². The van der Waals surface area contributed by atoms with Crippen molar-refractivity contribution in [3.63, 3.8) is 0 Å². The maximum absolute atomic E-state index is 12.4. The lowest BCUT2D eigenvalue weighted by atomic mass is 10.2. The van der Waals surface area contributed by atoms with Crippen LogP contribution in [0.4, 0.5) is 0 Å². The molecule has 0 spiro atoms. The van der Waals surface area contributed by atoms with Crippen LogP contribution in [-0.4, -0.2) is 27.8 Å². The molecule has 0 fully saturated rings.